The zero-order valence-electron chi connectivity index (χ0n) is 21.5. The smallest absolute Gasteiger partial charge is 0.305 e. The summed E-state index contributed by atoms with van der Waals surface area (Å²) in [7, 11) is 1.65. The molecule has 2 atom stereocenters. The van der Waals surface area contributed by atoms with E-state index in [0.717, 1.165) is 16.6 Å². The Balaban J connectivity index is 1.53. The van der Waals surface area contributed by atoms with Gasteiger partial charge < -0.3 is 25.6 Å². The SMILES string of the molecule is CN(Cc1ccccc1)C(=O)[C@@H](Cc1ccccc1)NC(=O)C(CC(=O)O)NC(=O)c1c[nH]c2ccccc12. The van der Waals surface area contributed by atoms with Gasteiger partial charge in [-0.25, -0.2) is 0 Å². The standard InChI is InChI=1S/C30H30N4O5/c1-34(19-21-12-6-3-7-13-21)30(39)26(16-20-10-4-2-5-11-20)33-29(38)25(17-27(35)36)32-28(37)23-18-31-24-15-9-8-14-22(23)24/h2-15,18,25-26,31H,16-17,19H2,1H3,(H,32,37)(H,33,38)(H,35,36)/t25?,26-/m1/s1. The maximum absolute atomic E-state index is 13.5. The molecule has 9 nitrogen and oxygen atoms in total. The number of hydrogen-bond donors (Lipinski definition) is 4. The van der Waals surface area contributed by atoms with Gasteiger partial charge in [-0.2, -0.15) is 0 Å². The fourth-order valence-corrected chi connectivity index (χ4v) is 4.40. The van der Waals surface area contributed by atoms with E-state index in [1.807, 2.05) is 66.7 Å². The molecular weight excluding hydrogens is 496 g/mol. The Morgan fingerprint density at radius 2 is 1.44 bits per heavy atom. The van der Waals surface area contributed by atoms with E-state index in [-0.39, 0.29) is 17.9 Å². The minimum Gasteiger partial charge on any atom is -0.481 e. The van der Waals surface area contributed by atoms with Crippen molar-refractivity contribution in [2.75, 3.05) is 7.05 Å². The fourth-order valence-electron chi connectivity index (χ4n) is 4.40. The van der Waals surface area contributed by atoms with Crippen LogP contribution in [0.15, 0.2) is 91.1 Å². The second-order valence-corrected chi connectivity index (χ2v) is 9.30. The van der Waals surface area contributed by atoms with Gasteiger partial charge in [0.2, 0.25) is 11.8 Å². The van der Waals surface area contributed by atoms with E-state index in [0.29, 0.717) is 11.9 Å². The van der Waals surface area contributed by atoms with Crippen LogP contribution in [-0.2, 0) is 27.3 Å². The highest BCUT2D eigenvalue weighted by molar-refractivity contribution is 6.08. The Morgan fingerprint density at radius 3 is 2.10 bits per heavy atom. The van der Waals surface area contributed by atoms with Crippen molar-refractivity contribution in [2.45, 2.75) is 31.5 Å². The van der Waals surface area contributed by atoms with Crippen LogP contribution < -0.4 is 10.6 Å². The molecule has 0 saturated heterocycles. The lowest BCUT2D eigenvalue weighted by Gasteiger charge is -2.26. The molecular formula is C30H30N4O5. The maximum atomic E-state index is 13.5. The first kappa shape index (κ1) is 27.1. The Kier molecular flexibility index (Phi) is 8.73. The second-order valence-electron chi connectivity index (χ2n) is 9.30. The van der Waals surface area contributed by atoms with Crippen molar-refractivity contribution in [2.24, 2.45) is 0 Å². The van der Waals surface area contributed by atoms with Crippen LogP contribution >= 0.6 is 0 Å². The van der Waals surface area contributed by atoms with Gasteiger partial charge in [-0.05, 0) is 17.2 Å². The van der Waals surface area contributed by atoms with Gasteiger partial charge in [0.25, 0.3) is 5.91 Å². The molecule has 0 bridgehead atoms. The number of fused-ring (bicyclic) bond motifs is 1. The lowest BCUT2D eigenvalue weighted by atomic mass is 10.0. The quantitative estimate of drug-likeness (QED) is 0.239. The zero-order chi connectivity index (χ0) is 27.8. The van der Waals surface area contributed by atoms with Crippen LogP contribution in [0.1, 0.15) is 27.9 Å². The molecule has 0 aliphatic carbocycles. The predicted octanol–water partition coefficient (Wildman–Crippen LogP) is 3.13. The number of hydrogen-bond acceptors (Lipinski definition) is 4. The number of likely N-dealkylation sites (N-methyl/N-ethyl adjacent to an activating group) is 1. The average Bonchev–Trinajstić information content (AvgIpc) is 3.37. The van der Waals surface area contributed by atoms with E-state index in [4.69, 9.17) is 0 Å². The van der Waals surface area contributed by atoms with Gasteiger partial charge in [0.1, 0.15) is 12.1 Å². The van der Waals surface area contributed by atoms with Crippen molar-refractivity contribution in [3.63, 3.8) is 0 Å². The number of benzene rings is 3. The molecule has 0 aliphatic heterocycles. The highest BCUT2D eigenvalue weighted by atomic mass is 16.4. The van der Waals surface area contributed by atoms with Crippen molar-refractivity contribution in [3.8, 4) is 0 Å². The molecule has 9 heteroatoms. The monoisotopic (exact) mass is 526 g/mol. The van der Waals surface area contributed by atoms with Gasteiger partial charge in [0.15, 0.2) is 0 Å². The number of carbonyl (C=O) groups excluding carboxylic acids is 3. The molecule has 3 amide bonds. The normalized spacial score (nSPS) is 12.3. The number of carboxylic acid groups (broad SMARTS) is 1. The van der Waals surface area contributed by atoms with Crippen LogP contribution in [0.25, 0.3) is 10.9 Å². The summed E-state index contributed by atoms with van der Waals surface area (Å²) in [5, 5.41) is 15.4. The molecule has 4 aromatic rings. The summed E-state index contributed by atoms with van der Waals surface area (Å²) in [4.78, 5) is 56.0. The molecule has 0 aliphatic rings. The third-order valence-electron chi connectivity index (χ3n) is 6.37. The summed E-state index contributed by atoms with van der Waals surface area (Å²) in [5.74, 6) is -2.96. The topological polar surface area (TPSA) is 132 Å². The number of amides is 3. The molecule has 0 saturated carbocycles. The Morgan fingerprint density at radius 1 is 0.821 bits per heavy atom. The van der Waals surface area contributed by atoms with Crippen LogP contribution in [-0.4, -0.2) is 57.8 Å². The average molecular weight is 527 g/mol. The minimum absolute atomic E-state index is 0.195. The van der Waals surface area contributed by atoms with Crippen molar-refractivity contribution in [3.05, 3.63) is 108 Å². The largest absolute Gasteiger partial charge is 0.481 e. The van der Waals surface area contributed by atoms with E-state index < -0.39 is 36.3 Å². The summed E-state index contributed by atoms with van der Waals surface area (Å²) >= 11 is 0. The van der Waals surface area contributed by atoms with Crippen molar-refractivity contribution < 1.29 is 24.3 Å². The van der Waals surface area contributed by atoms with Crippen LogP contribution in [0, 0.1) is 0 Å². The number of rotatable bonds is 11. The van der Waals surface area contributed by atoms with Crippen molar-refractivity contribution >= 4 is 34.6 Å². The minimum atomic E-state index is -1.39. The summed E-state index contributed by atoms with van der Waals surface area (Å²) in [6.07, 6.45) is 1.06. The maximum Gasteiger partial charge on any atom is 0.305 e. The van der Waals surface area contributed by atoms with Gasteiger partial charge in [-0.3, -0.25) is 19.2 Å². The van der Waals surface area contributed by atoms with Gasteiger partial charge in [-0.15, -0.1) is 0 Å². The van der Waals surface area contributed by atoms with Crippen molar-refractivity contribution in [1.82, 2.24) is 20.5 Å². The molecule has 3 aromatic carbocycles. The number of aliphatic carboxylic acids is 1. The Hall–Kier alpha value is -4.92. The first-order valence-electron chi connectivity index (χ1n) is 12.5. The number of carbonyl (C=O) groups is 4. The fraction of sp³-hybridized carbons (Fsp3) is 0.200. The molecule has 200 valence electrons. The van der Waals surface area contributed by atoms with Gasteiger partial charge in [0, 0.05) is 37.1 Å². The van der Waals surface area contributed by atoms with Crippen LogP contribution in [0.4, 0.5) is 0 Å². The Bertz CT molecular complexity index is 1450. The molecule has 39 heavy (non-hydrogen) atoms. The molecule has 0 radical (unpaired) electrons. The summed E-state index contributed by atoms with van der Waals surface area (Å²) in [6, 6.07) is 23.4. The van der Waals surface area contributed by atoms with Gasteiger partial charge in [-0.1, -0.05) is 78.9 Å². The van der Waals surface area contributed by atoms with E-state index in [9.17, 15) is 24.3 Å². The van der Waals surface area contributed by atoms with E-state index in [1.54, 1.807) is 25.2 Å². The predicted molar refractivity (Wildman–Crippen MR) is 147 cm³/mol. The zero-order valence-corrected chi connectivity index (χ0v) is 21.5. The number of nitrogens with zero attached hydrogens (tertiary/aromatic N) is 1. The number of H-pyrrole nitrogens is 1. The van der Waals surface area contributed by atoms with E-state index in [2.05, 4.69) is 15.6 Å². The summed E-state index contributed by atoms with van der Waals surface area (Å²) in [6.45, 7) is 0.330. The molecule has 1 unspecified atom stereocenters. The van der Waals surface area contributed by atoms with Crippen molar-refractivity contribution in [1.29, 1.82) is 0 Å². The number of nitrogens with one attached hydrogen (secondary N) is 3. The number of para-hydroxylation sites is 1. The van der Waals surface area contributed by atoms with E-state index >= 15 is 0 Å². The first-order valence-corrected chi connectivity index (χ1v) is 12.5. The molecule has 4 rings (SSSR count). The van der Waals surface area contributed by atoms with Gasteiger partial charge in [0.05, 0.1) is 12.0 Å². The summed E-state index contributed by atoms with van der Waals surface area (Å²) < 4.78 is 0. The third kappa shape index (κ3) is 7.10. The highest BCUT2D eigenvalue weighted by Crippen LogP contribution is 2.18. The van der Waals surface area contributed by atoms with Crippen LogP contribution in [0.3, 0.4) is 0 Å². The first-order chi connectivity index (χ1) is 18.8. The lowest BCUT2D eigenvalue weighted by Crippen LogP contribution is -2.55. The molecule has 4 N–H and O–H groups in total. The number of aromatic amines is 1. The molecule has 0 spiro atoms. The molecule has 1 aromatic heterocycles. The van der Waals surface area contributed by atoms with Crippen LogP contribution in [0.2, 0.25) is 0 Å². The van der Waals surface area contributed by atoms with Gasteiger partial charge >= 0.3 is 5.97 Å². The number of carboxylic acids is 1. The molecule has 1 heterocycles. The highest BCUT2D eigenvalue weighted by Gasteiger charge is 2.30. The summed E-state index contributed by atoms with van der Waals surface area (Å²) in [5.41, 5.74) is 2.76. The van der Waals surface area contributed by atoms with Crippen LogP contribution in [0.5, 0.6) is 0 Å². The second kappa shape index (κ2) is 12.6. The molecule has 0 fully saturated rings. The Labute approximate surface area is 225 Å². The van der Waals surface area contributed by atoms with E-state index in [1.165, 1.54) is 11.1 Å². The number of aromatic nitrogens is 1. The lowest BCUT2D eigenvalue weighted by molar-refractivity contribution is -0.140. The third-order valence-corrected chi connectivity index (χ3v) is 6.37.